The fraction of sp³-hybridized carbons (Fsp3) is 0.500. The highest BCUT2D eigenvalue weighted by Gasteiger charge is 2.34. The van der Waals surface area contributed by atoms with E-state index in [4.69, 9.17) is 16.3 Å². The Morgan fingerprint density at radius 2 is 2.19 bits per heavy atom. The Morgan fingerprint density at radius 3 is 2.75 bits per heavy atom. The molecule has 88 valence electrons. The molecule has 0 bridgehead atoms. The highest BCUT2D eigenvalue weighted by Crippen LogP contribution is 2.36. The summed E-state index contributed by atoms with van der Waals surface area (Å²) in [5.41, 5.74) is 0.188. The van der Waals surface area contributed by atoms with E-state index in [-0.39, 0.29) is 23.7 Å². The number of halogens is 4. The van der Waals surface area contributed by atoms with Crippen LogP contribution in [0, 0.1) is 11.9 Å². The van der Waals surface area contributed by atoms with E-state index >= 15 is 0 Å². The summed E-state index contributed by atoms with van der Waals surface area (Å²) >= 11 is 5.49. The van der Waals surface area contributed by atoms with Gasteiger partial charge in [0.1, 0.15) is 5.15 Å². The fourth-order valence-electron chi connectivity index (χ4n) is 1.71. The van der Waals surface area contributed by atoms with Crippen LogP contribution in [0.25, 0.3) is 0 Å². The molecule has 1 aromatic heterocycles. The zero-order valence-corrected chi connectivity index (χ0v) is 8.92. The van der Waals surface area contributed by atoms with Crippen molar-refractivity contribution in [3.05, 3.63) is 28.8 Å². The van der Waals surface area contributed by atoms with Gasteiger partial charge in [-0.2, -0.15) is 4.39 Å². The predicted molar refractivity (Wildman–Crippen MR) is 52.0 cm³/mol. The predicted octanol–water partition coefficient (Wildman–Crippen LogP) is 3.22. The van der Waals surface area contributed by atoms with Gasteiger partial charge in [0.25, 0.3) is 0 Å². The van der Waals surface area contributed by atoms with Crippen molar-refractivity contribution in [1.29, 1.82) is 0 Å². The fourth-order valence-corrected chi connectivity index (χ4v) is 1.84. The molecule has 0 aliphatic carbocycles. The van der Waals surface area contributed by atoms with Gasteiger partial charge in [-0.05, 0) is 18.6 Å². The third-order valence-electron chi connectivity index (χ3n) is 2.58. The van der Waals surface area contributed by atoms with Crippen molar-refractivity contribution in [2.24, 2.45) is 5.92 Å². The van der Waals surface area contributed by atoms with Crippen molar-refractivity contribution in [2.45, 2.75) is 19.0 Å². The van der Waals surface area contributed by atoms with Gasteiger partial charge in [0.2, 0.25) is 12.4 Å². The Kier molecular flexibility index (Phi) is 3.35. The zero-order chi connectivity index (χ0) is 11.7. The van der Waals surface area contributed by atoms with E-state index in [2.05, 4.69) is 4.98 Å². The minimum atomic E-state index is -2.44. The summed E-state index contributed by atoms with van der Waals surface area (Å²) in [6.07, 6.45) is -2.98. The monoisotopic (exact) mass is 251 g/mol. The molecule has 2 heterocycles. The van der Waals surface area contributed by atoms with Crippen molar-refractivity contribution in [1.82, 2.24) is 4.98 Å². The minimum Gasteiger partial charge on any atom is -0.373 e. The van der Waals surface area contributed by atoms with Crippen LogP contribution in [0.3, 0.4) is 0 Å². The van der Waals surface area contributed by atoms with Crippen LogP contribution in [0.2, 0.25) is 5.15 Å². The summed E-state index contributed by atoms with van der Waals surface area (Å²) in [4.78, 5) is 3.42. The van der Waals surface area contributed by atoms with E-state index in [0.717, 1.165) is 0 Å². The molecule has 2 nitrogen and oxygen atoms in total. The maximum absolute atomic E-state index is 13.4. The van der Waals surface area contributed by atoms with Crippen LogP contribution in [0.1, 0.15) is 18.1 Å². The molecule has 16 heavy (non-hydrogen) atoms. The molecule has 2 atom stereocenters. The number of nitrogens with zero attached hydrogens (tertiary/aromatic N) is 1. The second-order valence-corrected chi connectivity index (χ2v) is 4.05. The lowest BCUT2D eigenvalue weighted by molar-refractivity contribution is 0.0573. The van der Waals surface area contributed by atoms with Crippen LogP contribution in [0.15, 0.2) is 12.1 Å². The number of pyridine rings is 1. The Hall–Kier alpha value is -0.810. The van der Waals surface area contributed by atoms with Gasteiger partial charge in [-0.25, -0.2) is 13.8 Å². The second-order valence-electron chi connectivity index (χ2n) is 3.67. The first-order valence-electron chi connectivity index (χ1n) is 4.79. The molecule has 1 aliphatic rings. The molecule has 0 spiro atoms. The first-order chi connectivity index (χ1) is 7.58. The SMILES string of the molecule is Fc1nc(Cl)ccc1C1CC(C(F)F)CO1. The van der Waals surface area contributed by atoms with Gasteiger partial charge in [0, 0.05) is 11.5 Å². The van der Waals surface area contributed by atoms with Crippen LogP contribution in [-0.4, -0.2) is 18.0 Å². The smallest absolute Gasteiger partial charge is 0.243 e. The molecule has 6 heteroatoms. The van der Waals surface area contributed by atoms with Crippen LogP contribution in [0.5, 0.6) is 0 Å². The Balaban J connectivity index is 2.14. The average molecular weight is 252 g/mol. The summed E-state index contributed by atoms with van der Waals surface area (Å²) in [7, 11) is 0. The van der Waals surface area contributed by atoms with Gasteiger partial charge >= 0.3 is 0 Å². The first kappa shape index (κ1) is 11.7. The lowest BCUT2D eigenvalue weighted by Gasteiger charge is -2.10. The molecular formula is C10H9ClF3NO. The molecule has 1 aromatic rings. The third-order valence-corrected chi connectivity index (χ3v) is 2.79. The van der Waals surface area contributed by atoms with Gasteiger partial charge in [-0.1, -0.05) is 11.6 Å². The first-order valence-corrected chi connectivity index (χ1v) is 5.17. The van der Waals surface area contributed by atoms with E-state index in [0.29, 0.717) is 0 Å². The second kappa shape index (κ2) is 4.59. The summed E-state index contributed by atoms with van der Waals surface area (Å²) in [6.45, 7) is -0.0512. The van der Waals surface area contributed by atoms with Crippen LogP contribution >= 0.6 is 11.6 Å². The number of rotatable bonds is 2. The standard InChI is InChI=1S/C10H9ClF3NO/c11-8-2-1-6(10(14)15-8)7-3-5(4-16-7)9(12)13/h1-2,5,7,9H,3-4H2. The Bertz CT molecular complexity index is 388. The van der Waals surface area contributed by atoms with Crippen LogP contribution in [0.4, 0.5) is 13.2 Å². The summed E-state index contributed by atoms with van der Waals surface area (Å²) in [6, 6.07) is 2.84. The Labute approximate surface area is 95.4 Å². The van der Waals surface area contributed by atoms with Crippen molar-refractivity contribution < 1.29 is 17.9 Å². The van der Waals surface area contributed by atoms with Gasteiger partial charge in [-0.3, -0.25) is 0 Å². The largest absolute Gasteiger partial charge is 0.373 e. The number of aromatic nitrogens is 1. The van der Waals surface area contributed by atoms with E-state index in [1.165, 1.54) is 12.1 Å². The zero-order valence-electron chi connectivity index (χ0n) is 8.17. The molecule has 1 saturated heterocycles. The molecule has 0 amide bonds. The van der Waals surface area contributed by atoms with Gasteiger partial charge in [0.05, 0.1) is 12.7 Å². The topological polar surface area (TPSA) is 22.1 Å². The maximum Gasteiger partial charge on any atom is 0.243 e. The lowest BCUT2D eigenvalue weighted by Crippen LogP contribution is -2.10. The molecule has 2 rings (SSSR count). The van der Waals surface area contributed by atoms with Crippen LogP contribution < -0.4 is 0 Å². The summed E-state index contributed by atoms with van der Waals surface area (Å²) in [5, 5.41) is 0.0321. The molecule has 2 unspecified atom stereocenters. The Morgan fingerprint density at radius 1 is 1.44 bits per heavy atom. The van der Waals surface area contributed by atoms with E-state index in [9.17, 15) is 13.2 Å². The van der Waals surface area contributed by atoms with E-state index < -0.39 is 24.4 Å². The highest BCUT2D eigenvalue weighted by molar-refractivity contribution is 6.29. The minimum absolute atomic E-state index is 0.0321. The van der Waals surface area contributed by atoms with Gasteiger partial charge < -0.3 is 4.74 Å². The van der Waals surface area contributed by atoms with Gasteiger partial charge in [-0.15, -0.1) is 0 Å². The number of alkyl halides is 2. The third kappa shape index (κ3) is 2.30. The van der Waals surface area contributed by atoms with Crippen molar-refractivity contribution in [3.63, 3.8) is 0 Å². The normalized spacial score (nSPS) is 25.3. The highest BCUT2D eigenvalue weighted by atomic mass is 35.5. The number of hydrogen-bond donors (Lipinski definition) is 0. The number of ether oxygens (including phenoxy) is 1. The van der Waals surface area contributed by atoms with Crippen LogP contribution in [-0.2, 0) is 4.74 Å². The van der Waals surface area contributed by atoms with Gasteiger partial charge in [0.15, 0.2) is 0 Å². The molecule has 1 aliphatic heterocycles. The molecule has 0 aromatic carbocycles. The van der Waals surface area contributed by atoms with Crippen molar-refractivity contribution in [2.75, 3.05) is 6.61 Å². The van der Waals surface area contributed by atoms with E-state index in [1.807, 2.05) is 0 Å². The summed E-state index contributed by atoms with van der Waals surface area (Å²) < 4.78 is 43.3. The molecule has 1 fully saturated rings. The average Bonchev–Trinajstić information content (AvgIpc) is 2.66. The quantitative estimate of drug-likeness (QED) is 0.753. The molecule has 0 N–H and O–H groups in total. The van der Waals surface area contributed by atoms with Crippen molar-refractivity contribution >= 4 is 11.6 Å². The summed E-state index contributed by atoms with van der Waals surface area (Å²) in [5.74, 6) is -1.59. The maximum atomic E-state index is 13.4. The van der Waals surface area contributed by atoms with E-state index in [1.54, 1.807) is 0 Å². The molecule has 0 radical (unpaired) electrons. The number of hydrogen-bond acceptors (Lipinski definition) is 2. The van der Waals surface area contributed by atoms with Crippen molar-refractivity contribution in [3.8, 4) is 0 Å². The molecule has 0 saturated carbocycles. The lowest BCUT2D eigenvalue weighted by atomic mass is 10.0. The molecular weight excluding hydrogens is 243 g/mol.